The highest BCUT2D eigenvalue weighted by Gasteiger charge is 2.24. The molecule has 1 aromatic heterocycles. The van der Waals surface area contributed by atoms with Crippen LogP contribution in [0.1, 0.15) is 74.7 Å². The highest BCUT2D eigenvalue weighted by atomic mass is 32.2. The van der Waals surface area contributed by atoms with Crippen LogP contribution in [0.3, 0.4) is 0 Å². The van der Waals surface area contributed by atoms with E-state index < -0.39 is 19.7 Å². The van der Waals surface area contributed by atoms with Crippen LogP contribution in [0.15, 0.2) is 76.5 Å². The monoisotopic (exact) mass is 681 g/mol. The Morgan fingerprint density at radius 3 is 2.02 bits per heavy atom. The molecule has 1 aliphatic rings. The maximum Gasteiger partial charge on any atom is 0.195 e. The summed E-state index contributed by atoms with van der Waals surface area (Å²) >= 11 is 1.35. The van der Waals surface area contributed by atoms with Crippen LogP contribution in [0.2, 0.25) is 0 Å². The molecule has 0 bridgehead atoms. The summed E-state index contributed by atoms with van der Waals surface area (Å²) in [7, 11) is -6.87. The molecule has 4 aromatic rings. The lowest BCUT2D eigenvalue weighted by molar-refractivity contribution is 0.104. The van der Waals surface area contributed by atoms with Gasteiger partial charge in [-0.05, 0) is 92.9 Å². The summed E-state index contributed by atoms with van der Waals surface area (Å²) in [5, 5.41) is 0.668. The van der Waals surface area contributed by atoms with E-state index in [9.17, 15) is 21.6 Å². The molecule has 1 saturated heterocycles. The molecule has 0 saturated carbocycles. The normalized spacial score (nSPS) is 14.5. The Balaban J connectivity index is 1.47. The van der Waals surface area contributed by atoms with E-state index in [-0.39, 0.29) is 27.1 Å². The maximum atomic E-state index is 14.2. The van der Waals surface area contributed by atoms with E-state index >= 15 is 0 Å². The van der Waals surface area contributed by atoms with Crippen molar-refractivity contribution in [2.75, 3.05) is 37.7 Å². The summed E-state index contributed by atoms with van der Waals surface area (Å²) in [6.07, 6.45) is 6.47. The molecule has 0 N–H and O–H groups in total. The molecule has 1 fully saturated rings. The van der Waals surface area contributed by atoms with Crippen molar-refractivity contribution < 1.29 is 26.4 Å². The number of carbonyl (C=O) groups is 1. The van der Waals surface area contributed by atoms with Crippen LogP contribution < -0.4 is 4.74 Å². The number of rotatable bonds is 15. The fourth-order valence-corrected chi connectivity index (χ4v) is 9.99. The van der Waals surface area contributed by atoms with Gasteiger partial charge in [0.2, 0.25) is 0 Å². The van der Waals surface area contributed by atoms with Crippen molar-refractivity contribution in [3.8, 4) is 16.2 Å². The van der Waals surface area contributed by atoms with E-state index in [2.05, 4.69) is 4.90 Å². The van der Waals surface area contributed by atoms with Gasteiger partial charge in [-0.2, -0.15) is 0 Å². The van der Waals surface area contributed by atoms with Crippen molar-refractivity contribution in [2.24, 2.45) is 0 Å². The number of hydrogen-bond donors (Lipinski definition) is 0. The highest BCUT2D eigenvalue weighted by molar-refractivity contribution is 7.91. The van der Waals surface area contributed by atoms with Crippen LogP contribution in [-0.2, 0) is 19.7 Å². The Labute approximate surface area is 277 Å². The molecule has 10 heteroatoms. The van der Waals surface area contributed by atoms with Crippen LogP contribution in [0.25, 0.3) is 20.5 Å². The largest absolute Gasteiger partial charge is 0.492 e. The summed E-state index contributed by atoms with van der Waals surface area (Å²) in [5.41, 5.74) is 1.66. The number of unbranched alkanes of at least 4 members (excludes halogenated alkanes) is 2. The predicted octanol–water partition coefficient (Wildman–Crippen LogP) is 7.81. The van der Waals surface area contributed by atoms with E-state index in [1.807, 2.05) is 26.0 Å². The number of benzene rings is 3. The number of nitrogens with zero attached hydrogens (tertiary/aromatic N) is 1. The van der Waals surface area contributed by atoms with Gasteiger partial charge in [-0.25, -0.2) is 16.8 Å². The van der Waals surface area contributed by atoms with Crippen molar-refractivity contribution in [1.82, 2.24) is 4.90 Å². The number of ketones is 1. The zero-order valence-corrected chi connectivity index (χ0v) is 29.1. The molecule has 246 valence electrons. The van der Waals surface area contributed by atoms with E-state index in [0.717, 1.165) is 32.5 Å². The topological polar surface area (TPSA) is 97.8 Å². The molecule has 2 heterocycles. The number of carbonyl (C=O) groups excluding carboxylic acids is 1. The molecule has 3 aromatic carbocycles. The lowest BCUT2D eigenvalue weighted by Crippen LogP contribution is -2.33. The summed E-state index contributed by atoms with van der Waals surface area (Å²) in [4.78, 5) is 17.7. The van der Waals surface area contributed by atoms with Gasteiger partial charge in [0.25, 0.3) is 0 Å². The first-order chi connectivity index (χ1) is 22.1. The molecule has 0 amide bonds. The zero-order chi connectivity index (χ0) is 32.7. The maximum absolute atomic E-state index is 14.2. The van der Waals surface area contributed by atoms with Crippen molar-refractivity contribution >= 4 is 46.9 Å². The molecule has 0 aliphatic carbocycles. The molecule has 0 spiro atoms. The van der Waals surface area contributed by atoms with Crippen LogP contribution in [0.4, 0.5) is 0 Å². The van der Waals surface area contributed by atoms with Crippen LogP contribution in [0.5, 0.6) is 5.75 Å². The third-order valence-corrected chi connectivity index (χ3v) is 13.3. The number of thiophene rings is 1. The van der Waals surface area contributed by atoms with Crippen LogP contribution >= 0.6 is 11.3 Å². The van der Waals surface area contributed by atoms with E-state index in [0.29, 0.717) is 56.9 Å². The third-order valence-electron chi connectivity index (χ3n) is 8.50. The molecule has 46 heavy (non-hydrogen) atoms. The smallest absolute Gasteiger partial charge is 0.195 e. The minimum atomic E-state index is -3.47. The Bertz CT molecular complexity index is 1860. The Morgan fingerprint density at radius 1 is 0.783 bits per heavy atom. The molecular formula is C36H43NO6S3. The van der Waals surface area contributed by atoms with Gasteiger partial charge in [-0.3, -0.25) is 9.69 Å². The zero-order valence-electron chi connectivity index (χ0n) is 26.7. The Hall–Kier alpha value is -3.05. The molecule has 0 atom stereocenters. The average molecular weight is 682 g/mol. The van der Waals surface area contributed by atoms with Crippen molar-refractivity contribution in [2.45, 2.75) is 68.6 Å². The van der Waals surface area contributed by atoms with Gasteiger partial charge in [0.1, 0.15) is 12.4 Å². The van der Waals surface area contributed by atoms with Gasteiger partial charge in [-0.1, -0.05) is 51.3 Å². The second-order valence-corrected chi connectivity index (χ2v) is 17.2. The Kier molecular flexibility index (Phi) is 11.4. The molecule has 1 aliphatic heterocycles. The fourth-order valence-electron chi connectivity index (χ4n) is 5.74. The molecule has 7 nitrogen and oxygen atoms in total. The molecular weight excluding hydrogens is 639 g/mol. The SMILES string of the molecule is CCCCS(=O)(=O)c1ccc(-c2sc3cc(S(=O)(=O)CCCC)ccc3c2C(=O)c2ccc(OCCN3CCCCC3)cc2)cc1. The standard InChI is InChI=1S/C36H43NO6S3/c1-3-5-24-45(39,40)30-16-12-28(13-17-30)36-34(32-19-18-31(26-33(32)44-36)46(41,42)25-6-4-2)35(38)27-10-14-29(15-11-27)43-23-22-37-20-8-7-9-21-37/h10-19,26H,3-9,20-25H2,1-2H3. The van der Waals surface area contributed by atoms with Crippen LogP contribution in [0, 0.1) is 0 Å². The van der Waals surface area contributed by atoms with Gasteiger partial charge >= 0.3 is 0 Å². The summed E-state index contributed by atoms with van der Waals surface area (Å²) in [5.74, 6) is 0.662. The van der Waals surface area contributed by atoms with E-state index in [4.69, 9.17) is 4.74 Å². The third kappa shape index (κ3) is 8.08. The summed E-state index contributed by atoms with van der Waals surface area (Å²) in [6, 6.07) is 18.8. The van der Waals surface area contributed by atoms with Crippen molar-refractivity contribution in [3.63, 3.8) is 0 Å². The van der Waals surface area contributed by atoms with E-state index in [1.165, 1.54) is 30.6 Å². The predicted molar refractivity (Wildman–Crippen MR) is 187 cm³/mol. The molecule has 5 rings (SSSR count). The number of fused-ring (bicyclic) bond motifs is 1. The lowest BCUT2D eigenvalue weighted by Gasteiger charge is -2.26. The average Bonchev–Trinajstić information content (AvgIpc) is 3.46. The summed E-state index contributed by atoms with van der Waals surface area (Å²) < 4.78 is 58.3. The molecule has 0 unspecified atom stereocenters. The first-order valence-corrected chi connectivity index (χ1v) is 20.4. The van der Waals surface area contributed by atoms with Gasteiger partial charge in [0, 0.05) is 32.6 Å². The van der Waals surface area contributed by atoms with E-state index in [1.54, 1.807) is 54.6 Å². The number of sulfone groups is 2. The first kappa shape index (κ1) is 34.3. The Morgan fingerprint density at radius 2 is 1.39 bits per heavy atom. The number of hydrogen-bond acceptors (Lipinski definition) is 8. The number of likely N-dealkylation sites (tertiary alicyclic amines) is 1. The number of piperidine rings is 1. The van der Waals surface area contributed by atoms with Gasteiger partial charge in [0.05, 0.1) is 21.3 Å². The summed E-state index contributed by atoms with van der Waals surface area (Å²) in [6.45, 7) is 7.58. The fraction of sp³-hybridized carbons (Fsp3) is 0.417. The first-order valence-electron chi connectivity index (χ1n) is 16.3. The molecule has 0 radical (unpaired) electrons. The second-order valence-electron chi connectivity index (χ2n) is 11.9. The van der Waals surface area contributed by atoms with Crippen molar-refractivity contribution in [3.05, 3.63) is 77.9 Å². The quantitative estimate of drug-likeness (QED) is 0.118. The minimum Gasteiger partial charge on any atom is -0.492 e. The number of ether oxygens (including phenoxy) is 1. The van der Waals surface area contributed by atoms with Gasteiger partial charge in [0.15, 0.2) is 25.5 Å². The lowest BCUT2D eigenvalue weighted by atomic mass is 9.97. The second kappa shape index (κ2) is 15.2. The minimum absolute atomic E-state index is 0.0689. The van der Waals surface area contributed by atoms with Crippen molar-refractivity contribution in [1.29, 1.82) is 0 Å². The highest BCUT2D eigenvalue weighted by Crippen LogP contribution is 2.41. The van der Waals surface area contributed by atoms with Gasteiger partial charge < -0.3 is 4.74 Å². The van der Waals surface area contributed by atoms with Crippen LogP contribution in [-0.4, -0.2) is 65.3 Å². The van der Waals surface area contributed by atoms with Gasteiger partial charge in [-0.15, -0.1) is 11.3 Å².